The van der Waals surface area contributed by atoms with E-state index in [0.29, 0.717) is 37.7 Å². The second-order valence-corrected chi connectivity index (χ2v) is 15.8. The number of ether oxygens (including phenoxy) is 7. The summed E-state index contributed by atoms with van der Waals surface area (Å²) in [5.41, 5.74) is 2.51. The minimum absolute atomic E-state index is 0.00267. The number of phenols is 1. The van der Waals surface area contributed by atoms with Crippen LogP contribution in [0.1, 0.15) is 107 Å². The van der Waals surface area contributed by atoms with Crippen molar-refractivity contribution in [1.29, 1.82) is 0 Å². The first-order valence-corrected chi connectivity index (χ1v) is 22.9. The number of hydrogen-bond donors (Lipinski definition) is 2. The molecule has 14 nitrogen and oxygen atoms in total. The lowest BCUT2D eigenvalue weighted by molar-refractivity contribution is -0.137. The average molecular weight is 941 g/mol. The molecule has 1 heterocycles. The molecule has 14 heteroatoms. The summed E-state index contributed by atoms with van der Waals surface area (Å²) >= 11 is 0. The Labute approximate surface area is 401 Å². The third kappa shape index (κ3) is 16.9. The van der Waals surface area contributed by atoms with Crippen molar-refractivity contribution in [2.45, 2.75) is 70.5 Å². The molecular formula is C55H56O14. The van der Waals surface area contributed by atoms with Gasteiger partial charge in [-0.05, 0) is 153 Å². The van der Waals surface area contributed by atoms with Gasteiger partial charge in [-0.15, -0.1) is 0 Å². The number of esters is 4. The van der Waals surface area contributed by atoms with Crippen LogP contribution in [0.2, 0.25) is 0 Å². The molecule has 0 aliphatic carbocycles. The molecule has 360 valence electrons. The third-order valence-electron chi connectivity index (χ3n) is 10.6. The normalized spacial score (nSPS) is 11.3. The maximum atomic E-state index is 13.3. The monoisotopic (exact) mass is 940 g/mol. The summed E-state index contributed by atoms with van der Waals surface area (Å²) < 4.78 is 44.3. The van der Waals surface area contributed by atoms with Gasteiger partial charge in [-0.2, -0.15) is 0 Å². The molecule has 1 aromatic heterocycles. The SMILES string of the molecule is C=CC(=O)OCCCCCCOc1ccc(C(=O)Oc2ccc(OC(=O)c3ccc(O)cc3)cc2C(O)OCCCCCCCCOc2ccc(-c3ccc(OC(=O)c4ccco4)cc3)cc2)cc1. The van der Waals surface area contributed by atoms with Crippen LogP contribution >= 0.6 is 0 Å². The number of furan rings is 1. The van der Waals surface area contributed by atoms with Gasteiger partial charge in [0.25, 0.3) is 0 Å². The highest BCUT2D eigenvalue weighted by Crippen LogP contribution is 2.32. The summed E-state index contributed by atoms with van der Waals surface area (Å²) in [6.45, 7) is 5.02. The maximum Gasteiger partial charge on any atom is 0.379 e. The summed E-state index contributed by atoms with van der Waals surface area (Å²) in [4.78, 5) is 49.4. The van der Waals surface area contributed by atoms with Gasteiger partial charge in [0.1, 0.15) is 34.5 Å². The molecule has 0 spiro atoms. The van der Waals surface area contributed by atoms with E-state index < -0.39 is 30.2 Å². The van der Waals surface area contributed by atoms with Gasteiger partial charge in [-0.25, -0.2) is 19.2 Å². The highest BCUT2D eigenvalue weighted by Gasteiger charge is 2.21. The third-order valence-corrected chi connectivity index (χ3v) is 10.6. The zero-order valence-electron chi connectivity index (χ0n) is 38.3. The van der Waals surface area contributed by atoms with Crippen LogP contribution in [0.5, 0.6) is 34.5 Å². The summed E-state index contributed by atoms with van der Waals surface area (Å²) in [7, 11) is 0. The van der Waals surface area contributed by atoms with Crippen molar-refractivity contribution in [3.8, 4) is 45.6 Å². The first-order chi connectivity index (χ1) is 33.6. The highest BCUT2D eigenvalue weighted by atomic mass is 16.6. The Bertz CT molecular complexity index is 2530. The van der Waals surface area contributed by atoms with Crippen LogP contribution in [-0.4, -0.2) is 60.5 Å². The molecule has 0 fully saturated rings. The number of carbonyl (C=O) groups excluding carboxylic acids is 4. The van der Waals surface area contributed by atoms with Crippen LogP contribution in [0.25, 0.3) is 11.1 Å². The van der Waals surface area contributed by atoms with E-state index in [1.807, 2.05) is 36.4 Å². The maximum absolute atomic E-state index is 13.3. The van der Waals surface area contributed by atoms with Crippen LogP contribution in [0, 0.1) is 0 Å². The molecule has 0 saturated heterocycles. The van der Waals surface area contributed by atoms with Crippen LogP contribution in [-0.2, 0) is 14.3 Å². The van der Waals surface area contributed by atoms with Crippen LogP contribution < -0.4 is 23.7 Å². The molecule has 2 N–H and O–H groups in total. The lowest BCUT2D eigenvalue weighted by Gasteiger charge is -2.17. The van der Waals surface area contributed by atoms with Crippen LogP contribution in [0.3, 0.4) is 0 Å². The van der Waals surface area contributed by atoms with Crippen molar-refractivity contribution < 1.29 is 67.0 Å². The Morgan fingerprint density at radius 3 is 1.61 bits per heavy atom. The molecule has 0 bridgehead atoms. The van der Waals surface area contributed by atoms with Crippen molar-refractivity contribution in [3.63, 3.8) is 0 Å². The molecule has 1 atom stereocenters. The second-order valence-electron chi connectivity index (χ2n) is 15.8. The van der Waals surface area contributed by atoms with Gasteiger partial charge >= 0.3 is 23.9 Å². The Morgan fingerprint density at radius 1 is 0.536 bits per heavy atom. The van der Waals surface area contributed by atoms with Gasteiger partial charge in [-0.1, -0.05) is 56.5 Å². The number of aromatic hydroxyl groups is 1. The van der Waals surface area contributed by atoms with E-state index in [1.165, 1.54) is 48.7 Å². The van der Waals surface area contributed by atoms with E-state index in [0.717, 1.165) is 80.7 Å². The van der Waals surface area contributed by atoms with Crippen LogP contribution in [0.15, 0.2) is 151 Å². The molecule has 0 aliphatic heterocycles. The lowest BCUT2D eigenvalue weighted by atomic mass is 10.1. The minimum Gasteiger partial charge on any atom is -0.508 e. The van der Waals surface area contributed by atoms with Crippen molar-refractivity contribution in [2.75, 3.05) is 26.4 Å². The second kappa shape index (κ2) is 27.2. The first kappa shape index (κ1) is 50.7. The average Bonchev–Trinajstić information content (AvgIpc) is 3.92. The summed E-state index contributed by atoms with van der Waals surface area (Å²) in [6, 6.07) is 34.6. The Kier molecular flexibility index (Phi) is 20.0. The fourth-order valence-corrected chi connectivity index (χ4v) is 6.86. The molecule has 0 saturated carbocycles. The molecule has 69 heavy (non-hydrogen) atoms. The topological polar surface area (TPSA) is 186 Å². The molecular weight excluding hydrogens is 885 g/mol. The van der Waals surface area contributed by atoms with Crippen molar-refractivity contribution in [2.24, 2.45) is 0 Å². The zero-order valence-corrected chi connectivity index (χ0v) is 38.3. The quantitative estimate of drug-likeness (QED) is 0.0155. The molecule has 0 amide bonds. The molecule has 6 rings (SSSR count). The summed E-state index contributed by atoms with van der Waals surface area (Å²) in [5, 5.41) is 20.8. The van der Waals surface area contributed by atoms with Crippen molar-refractivity contribution in [1.82, 2.24) is 0 Å². The summed E-state index contributed by atoms with van der Waals surface area (Å²) in [6.07, 6.45) is 9.77. The van der Waals surface area contributed by atoms with E-state index in [4.69, 9.17) is 37.6 Å². The van der Waals surface area contributed by atoms with E-state index in [2.05, 4.69) is 6.58 Å². The van der Waals surface area contributed by atoms with Gasteiger partial charge in [0, 0.05) is 6.08 Å². The van der Waals surface area contributed by atoms with E-state index >= 15 is 0 Å². The zero-order chi connectivity index (χ0) is 48.6. The largest absolute Gasteiger partial charge is 0.508 e. The number of carbonyl (C=O) groups is 4. The molecule has 5 aromatic carbocycles. The number of aliphatic hydroxyl groups excluding tert-OH is 1. The van der Waals surface area contributed by atoms with Gasteiger partial charge in [0.15, 0.2) is 6.29 Å². The number of hydrogen-bond acceptors (Lipinski definition) is 14. The predicted molar refractivity (Wildman–Crippen MR) is 256 cm³/mol. The smallest absolute Gasteiger partial charge is 0.379 e. The highest BCUT2D eigenvalue weighted by molar-refractivity contribution is 5.92. The fraction of sp³-hybridized carbons (Fsp3) is 0.273. The van der Waals surface area contributed by atoms with Crippen molar-refractivity contribution in [3.05, 3.63) is 169 Å². The van der Waals surface area contributed by atoms with Gasteiger partial charge in [0.05, 0.1) is 49.4 Å². The Hall–Kier alpha value is -7.68. The van der Waals surface area contributed by atoms with E-state index in [1.54, 1.807) is 48.5 Å². The van der Waals surface area contributed by atoms with E-state index in [-0.39, 0.29) is 46.3 Å². The fourth-order valence-electron chi connectivity index (χ4n) is 6.86. The predicted octanol–water partition coefficient (Wildman–Crippen LogP) is 11.4. The number of benzene rings is 5. The number of phenolic OH excluding ortho intramolecular Hbond substituents is 1. The van der Waals surface area contributed by atoms with Crippen LogP contribution in [0.4, 0.5) is 0 Å². The first-order valence-electron chi connectivity index (χ1n) is 22.9. The Balaban J connectivity index is 0.906. The standard InChI is InChI=1S/C55H56O14/c1-2-51(57)65-35-11-8-7-10-34-63-45-27-21-42(22-28-45)53(59)69-49-32-31-47(68-52(58)41-15-23-43(56)24-16-41)38-48(49)54(60)66-36-12-6-4-3-5-9-33-62-44-25-17-39(18-26-44)40-19-29-46(30-20-40)67-55(61)50-14-13-37-64-50/h2,13-32,37-38,54,56,60H,1,3-12,33-36H2. The van der Waals surface area contributed by atoms with E-state index in [9.17, 15) is 29.4 Å². The Morgan fingerprint density at radius 2 is 1.03 bits per heavy atom. The van der Waals surface area contributed by atoms with Gasteiger partial charge < -0.3 is 47.8 Å². The van der Waals surface area contributed by atoms with Gasteiger partial charge in [-0.3, -0.25) is 0 Å². The molecule has 0 radical (unpaired) electrons. The lowest BCUT2D eigenvalue weighted by Crippen LogP contribution is -2.14. The van der Waals surface area contributed by atoms with Gasteiger partial charge in [0.2, 0.25) is 5.76 Å². The minimum atomic E-state index is -1.50. The summed E-state index contributed by atoms with van der Waals surface area (Å²) in [5.74, 6) is -0.331. The number of rotatable bonds is 28. The van der Waals surface area contributed by atoms with Crippen molar-refractivity contribution >= 4 is 23.9 Å². The number of aliphatic hydroxyl groups is 1. The molecule has 6 aromatic rings. The number of unbranched alkanes of at least 4 members (excludes halogenated alkanes) is 8. The molecule has 1 unspecified atom stereocenters. The molecule has 0 aliphatic rings.